The molecule has 0 aliphatic rings. The number of nitrogens with one attached hydrogen (secondary N) is 1. The maximum absolute atomic E-state index is 12.2. The fraction of sp³-hybridized carbons (Fsp3) is 0.263. The fourth-order valence-electron chi connectivity index (χ4n) is 2.08. The van der Waals surface area contributed by atoms with Gasteiger partial charge >= 0.3 is 5.97 Å². The van der Waals surface area contributed by atoms with Crippen molar-refractivity contribution in [2.24, 2.45) is 0 Å². The summed E-state index contributed by atoms with van der Waals surface area (Å²) in [4.78, 5) is 23.8. The molecule has 126 valence electrons. The van der Waals surface area contributed by atoms with Crippen LogP contribution in [0.3, 0.4) is 0 Å². The third-order valence-corrected chi connectivity index (χ3v) is 3.43. The Morgan fingerprint density at radius 3 is 2.38 bits per heavy atom. The third kappa shape index (κ3) is 4.59. The van der Waals surface area contributed by atoms with Gasteiger partial charge in [-0.25, -0.2) is 4.79 Å². The summed E-state index contributed by atoms with van der Waals surface area (Å²) in [5.41, 5.74) is 2.00. The van der Waals surface area contributed by atoms with Crippen molar-refractivity contribution in [3.8, 4) is 5.75 Å². The lowest BCUT2D eigenvalue weighted by Crippen LogP contribution is -2.30. The summed E-state index contributed by atoms with van der Waals surface area (Å²) in [5.74, 6) is 0.0339. The number of carbonyl (C=O) groups excluding carboxylic acids is 2. The second-order valence-corrected chi connectivity index (χ2v) is 5.31. The van der Waals surface area contributed by atoms with Crippen LogP contribution in [-0.4, -0.2) is 24.6 Å². The first-order chi connectivity index (χ1) is 11.5. The van der Waals surface area contributed by atoms with Gasteiger partial charge in [0.1, 0.15) is 5.75 Å². The average Bonchev–Trinajstić information content (AvgIpc) is 2.57. The van der Waals surface area contributed by atoms with Crippen LogP contribution in [-0.2, 0) is 9.53 Å². The van der Waals surface area contributed by atoms with Crippen molar-refractivity contribution < 1.29 is 19.1 Å². The van der Waals surface area contributed by atoms with Crippen LogP contribution in [0.15, 0.2) is 48.5 Å². The van der Waals surface area contributed by atoms with Crippen LogP contribution < -0.4 is 10.1 Å². The first-order valence-corrected chi connectivity index (χ1v) is 7.81. The van der Waals surface area contributed by atoms with Gasteiger partial charge in [0.15, 0.2) is 6.10 Å². The van der Waals surface area contributed by atoms with Gasteiger partial charge in [0.25, 0.3) is 5.91 Å². The van der Waals surface area contributed by atoms with E-state index in [0.717, 1.165) is 5.56 Å². The molecule has 0 aromatic heterocycles. The summed E-state index contributed by atoms with van der Waals surface area (Å²) in [6, 6.07) is 14.1. The molecule has 0 heterocycles. The van der Waals surface area contributed by atoms with E-state index in [1.54, 1.807) is 38.1 Å². The zero-order valence-electron chi connectivity index (χ0n) is 14.0. The molecule has 0 saturated heterocycles. The summed E-state index contributed by atoms with van der Waals surface area (Å²) < 4.78 is 10.6. The summed E-state index contributed by atoms with van der Waals surface area (Å²) >= 11 is 0. The minimum absolute atomic E-state index is 0.262. The SMILES string of the molecule is CCOC(=O)c1ccc(NC(=O)[C@@H](C)Oc2ccccc2C)cc1. The Hall–Kier alpha value is -2.82. The molecule has 2 aromatic carbocycles. The van der Waals surface area contributed by atoms with Gasteiger partial charge in [0.2, 0.25) is 0 Å². The molecule has 5 nitrogen and oxygen atoms in total. The molecule has 24 heavy (non-hydrogen) atoms. The molecule has 0 bridgehead atoms. The van der Waals surface area contributed by atoms with E-state index < -0.39 is 6.10 Å². The quantitative estimate of drug-likeness (QED) is 0.824. The van der Waals surface area contributed by atoms with Crippen molar-refractivity contribution in [3.05, 3.63) is 59.7 Å². The number of benzene rings is 2. The smallest absolute Gasteiger partial charge is 0.338 e. The molecule has 0 unspecified atom stereocenters. The Balaban J connectivity index is 1.96. The molecule has 2 rings (SSSR count). The van der Waals surface area contributed by atoms with E-state index in [9.17, 15) is 9.59 Å². The molecular formula is C19H21NO4. The van der Waals surface area contributed by atoms with Crippen molar-refractivity contribution in [1.29, 1.82) is 0 Å². The molecule has 5 heteroatoms. The lowest BCUT2D eigenvalue weighted by atomic mass is 10.2. The van der Waals surface area contributed by atoms with Gasteiger partial charge in [-0.1, -0.05) is 18.2 Å². The first kappa shape index (κ1) is 17.5. The van der Waals surface area contributed by atoms with Crippen LogP contribution in [0.25, 0.3) is 0 Å². The molecule has 0 saturated carbocycles. The number of esters is 1. The van der Waals surface area contributed by atoms with Crippen molar-refractivity contribution >= 4 is 17.6 Å². The number of rotatable bonds is 6. The van der Waals surface area contributed by atoms with Gasteiger partial charge in [-0.05, 0) is 56.7 Å². The van der Waals surface area contributed by atoms with Crippen LogP contribution >= 0.6 is 0 Å². The number of aryl methyl sites for hydroxylation is 1. The van der Waals surface area contributed by atoms with Crippen LogP contribution in [0, 0.1) is 6.92 Å². The van der Waals surface area contributed by atoms with E-state index >= 15 is 0 Å². The lowest BCUT2D eigenvalue weighted by molar-refractivity contribution is -0.122. The first-order valence-electron chi connectivity index (χ1n) is 7.81. The highest BCUT2D eigenvalue weighted by Gasteiger charge is 2.16. The van der Waals surface area contributed by atoms with Gasteiger partial charge < -0.3 is 14.8 Å². The van der Waals surface area contributed by atoms with E-state index in [0.29, 0.717) is 23.6 Å². The molecule has 0 radical (unpaired) electrons. The minimum Gasteiger partial charge on any atom is -0.481 e. The predicted octanol–water partition coefficient (Wildman–Crippen LogP) is 3.58. The van der Waals surface area contributed by atoms with Crippen LogP contribution in [0.5, 0.6) is 5.75 Å². The van der Waals surface area contributed by atoms with E-state index in [1.165, 1.54) is 0 Å². The average molecular weight is 327 g/mol. The topological polar surface area (TPSA) is 64.6 Å². The predicted molar refractivity (Wildman–Crippen MR) is 92.3 cm³/mol. The molecule has 0 spiro atoms. The number of anilines is 1. The van der Waals surface area contributed by atoms with Gasteiger partial charge in [-0.3, -0.25) is 4.79 Å². The van der Waals surface area contributed by atoms with Crippen LogP contribution in [0.1, 0.15) is 29.8 Å². The van der Waals surface area contributed by atoms with Crippen molar-refractivity contribution in [2.75, 3.05) is 11.9 Å². The van der Waals surface area contributed by atoms with Gasteiger partial charge in [0.05, 0.1) is 12.2 Å². The Bertz CT molecular complexity index is 710. The number of hydrogen-bond donors (Lipinski definition) is 1. The van der Waals surface area contributed by atoms with Crippen LogP contribution in [0.4, 0.5) is 5.69 Å². The molecule has 0 fully saturated rings. The highest BCUT2D eigenvalue weighted by Crippen LogP contribution is 2.18. The Kier molecular flexibility index (Phi) is 5.95. The van der Waals surface area contributed by atoms with Gasteiger partial charge in [-0.15, -0.1) is 0 Å². The maximum Gasteiger partial charge on any atom is 0.338 e. The standard InChI is InChI=1S/C19H21NO4/c1-4-23-19(22)15-9-11-16(12-10-15)20-18(21)14(3)24-17-8-6-5-7-13(17)2/h5-12,14H,4H2,1-3H3,(H,20,21)/t14-/m1/s1. The number of carbonyl (C=O) groups is 2. The van der Waals surface area contributed by atoms with Gasteiger partial charge in [-0.2, -0.15) is 0 Å². The van der Waals surface area contributed by atoms with Crippen molar-refractivity contribution in [1.82, 2.24) is 0 Å². The summed E-state index contributed by atoms with van der Waals surface area (Å²) in [7, 11) is 0. The highest BCUT2D eigenvalue weighted by atomic mass is 16.5. The van der Waals surface area contributed by atoms with E-state index in [1.807, 2.05) is 31.2 Å². The molecule has 0 aliphatic carbocycles. The second-order valence-electron chi connectivity index (χ2n) is 5.31. The summed E-state index contributed by atoms with van der Waals surface area (Å²) in [6.45, 7) is 5.69. The largest absolute Gasteiger partial charge is 0.481 e. The zero-order valence-corrected chi connectivity index (χ0v) is 14.0. The molecular weight excluding hydrogens is 306 g/mol. The Morgan fingerprint density at radius 2 is 1.75 bits per heavy atom. The zero-order chi connectivity index (χ0) is 17.5. The summed E-state index contributed by atoms with van der Waals surface area (Å²) in [6.07, 6.45) is -0.643. The summed E-state index contributed by atoms with van der Waals surface area (Å²) in [5, 5.41) is 2.76. The monoisotopic (exact) mass is 327 g/mol. The Labute approximate surface area is 141 Å². The third-order valence-electron chi connectivity index (χ3n) is 3.43. The number of ether oxygens (including phenoxy) is 2. The number of para-hydroxylation sites is 1. The normalized spacial score (nSPS) is 11.5. The van der Waals surface area contributed by atoms with Crippen molar-refractivity contribution in [2.45, 2.75) is 26.9 Å². The number of hydrogen-bond acceptors (Lipinski definition) is 4. The minimum atomic E-state index is -0.643. The van der Waals surface area contributed by atoms with E-state index in [4.69, 9.17) is 9.47 Å². The fourth-order valence-corrected chi connectivity index (χ4v) is 2.08. The molecule has 2 aromatic rings. The van der Waals surface area contributed by atoms with Crippen molar-refractivity contribution in [3.63, 3.8) is 0 Å². The molecule has 1 N–H and O–H groups in total. The molecule has 0 aliphatic heterocycles. The van der Waals surface area contributed by atoms with Gasteiger partial charge in [0, 0.05) is 5.69 Å². The number of amides is 1. The van der Waals surface area contributed by atoms with E-state index in [2.05, 4.69) is 5.32 Å². The lowest BCUT2D eigenvalue weighted by Gasteiger charge is -2.16. The second kappa shape index (κ2) is 8.15. The van der Waals surface area contributed by atoms with E-state index in [-0.39, 0.29) is 11.9 Å². The Morgan fingerprint density at radius 1 is 1.08 bits per heavy atom. The molecule has 1 amide bonds. The maximum atomic E-state index is 12.2. The molecule has 1 atom stereocenters. The van der Waals surface area contributed by atoms with Crippen LogP contribution in [0.2, 0.25) is 0 Å². The highest BCUT2D eigenvalue weighted by molar-refractivity contribution is 5.95.